The maximum Gasteiger partial charge on any atom is 0.326 e. The van der Waals surface area contributed by atoms with Crippen molar-refractivity contribution in [3.8, 4) is 0 Å². The molecule has 78 heavy (non-hydrogen) atoms. The summed E-state index contributed by atoms with van der Waals surface area (Å²) in [6, 6.07) is -2.51. The number of nitrogens with one attached hydrogen (secondary N) is 4. The number of amides is 4. The Morgan fingerprint density at radius 3 is 1.41 bits per heavy atom. The zero-order valence-corrected chi connectivity index (χ0v) is 46.6. The molecular formula is C55H96N4O19. The molecule has 23 nitrogen and oxygen atoms in total. The third-order valence-electron chi connectivity index (χ3n) is 12.9. The van der Waals surface area contributed by atoms with Gasteiger partial charge in [-0.05, 0) is 58.3 Å². The number of hydrogen-bond acceptors (Lipinski definition) is 15. The smallest absolute Gasteiger partial charge is 0.326 e. The second-order valence-corrected chi connectivity index (χ2v) is 19.8. The Morgan fingerprint density at radius 1 is 0.397 bits per heavy atom. The number of Topliss-reactive ketones (excluding diaryl/α,β-unsaturated/α-hetero) is 3. The maximum absolute atomic E-state index is 12.5. The Hall–Kier alpha value is -5.39. The summed E-state index contributed by atoms with van der Waals surface area (Å²) in [5, 5.41) is 47.5. The number of carboxylic acid groups (broad SMARTS) is 4. The molecule has 0 bridgehead atoms. The number of aliphatic carboxylic acids is 4. The van der Waals surface area contributed by atoms with Crippen LogP contribution in [0.3, 0.4) is 0 Å². The molecule has 1 unspecified atom stereocenters. The summed E-state index contributed by atoms with van der Waals surface area (Å²) in [7, 11) is 0. The van der Waals surface area contributed by atoms with Gasteiger partial charge < -0.3 is 60.6 Å². The summed E-state index contributed by atoms with van der Waals surface area (Å²) in [6.07, 6.45) is 16.7. The van der Waals surface area contributed by atoms with Crippen LogP contribution in [0.15, 0.2) is 0 Å². The molecule has 0 fully saturated rings. The maximum atomic E-state index is 12.5. The van der Waals surface area contributed by atoms with E-state index >= 15 is 0 Å². The van der Waals surface area contributed by atoms with Gasteiger partial charge in [-0.3, -0.25) is 43.2 Å². The second kappa shape index (κ2) is 48.7. The van der Waals surface area contributed by atoms with E-state index in [1.165, 1.54) is 39.0 Å². The van der Waals surface area contributed by atoms with Crippen molar-refractivity contribution in [3.05, 3.63) is 0 Å². The van der Waals surface area contributed by atoms with E-state index in [0.29, 0.717) is 32.2 Å². The SMILES string of the molecule is CC(=O)[C@@H](C)CCCCNC(=O)CC[C@H](NC(=O)CC[C@H](CC(=O)COCCOCCNC(=O)COCCOCCCC(=O)CCC(NC(=O)CCCCCCCCCCCCCCCCC(=O)O)C(=O)O)C(=O)O)C(=O)O.[HH]. The molecule has 4 amide bonds. The normalized spacial score (nSPS) is 12.6. The molecular weight excluding hydrogens is 1020 g/mol. The first-order chi connectivity index (χ1) is 37.3. The number of hydrogen-bond donors (Lipinski definition) is 8. The van der Waals surface area contributed by atoms with Crippen LogP contribution in [-0.4, -0.2) is 163 Å². The van der Waals surface area contributed by atoms with Crippen LogP contribution in [0.5, 0.6) is 0 Å². The van der Waals surface area contributed by atoms with Gasteiger partial charge in [0.15, 0.2) is 5.78 Å². The minimum Gasteiger partial charge on any atom is -0.481 e. The molecule has 23 heteroatoms. The van der Waals surface area contributed by atoms with Gasteiger partial charge in [0.25, 0.3) is 0 Å². The Labute approximate surface area is 462 Å². The lowest BCUT2D eigenvalue weighted by molar-refractivity contribution is -0.145. The fourth-order valence-corrected chi connectivity index (χ4v) is 7.96. The summed E-state index contributed by atoms with van der Waals surface area (Å²) >= 11 is 0. The van der Waals surface area contributed by atoms with Gasteiger partial charge in [0.2, 0.25) is 23.6 Å². The van der Waals surface area contributed by atoms with Gasteiger partial charge in [0.1, 0.15) is 36.9 Å². The number of carbonyl (C=O) groups is 11. The van der Waals surface area contributed by atoms with Crippen LogP contribution in [0.4, 0.5) is 0 Å². The summed E-state index contributed by atoms with van der Waals surface area (Å²) in [6.45, 7) is 4.04. The van der Waals surface area contributed by atoms with E-state index in [0.717, 1.165) is 57.8 Å². The average Bonchev–Trinajstić information content (AvgIpc) is 3.38. The minimum absolute atomic E-state index is 0. The second-order valence-electron chi connectivity index (χ2n) is 19.8. The first kappa shape index (κ1) is 72.6. The molecule has 0 spiro atoms. The van der Waals surface area contributed by atoms with Crippen molar-refractivity contribution < 1.29 is 93.5 Å². The number of unbranched alkanes of at least 4 members (excludes halogenated alkanes) is 14. The van der Waals surface area contributed by atoms with Crippen LogP contribution in [0.25, 0.3) is 0 Å². The Balaban J connectivity index is 0. The van der Waals surface area contributed by atoms with Crippen molar-refractivity contribution in [1.29, 1.82) is 0 Å². The van der Waals surface area contributed by atoms with Gasteiger partial charge in [0.05, 0.1) is 39.0 Å². The molecule has 8 N–H and O–H groups in total. The number of rotatable bonds is 56. The highest BCUT2D eigenvalue weighted by molar-refractivity contribution is 5.87. The van der Waals surface area contributed by atoms with E-state index in [-0.39, 0.29) is 135 Å². The van der Waals surface area contributed by atoms with Gasteiger partial charge in [-0.2, -0.15) is 0 Å². The lowest BCUT2D eigenvalue weighted by Gasteiger charge is -2.16. The first-order valence-electron chi connectivity index (χ1n) is 28.2. The van der Waals surface area contributed by atoms with Crippen molar-refractivity contribution in [2.75, 3.05) is 65.9 Å². The van der Waals surface area contributed by atoms with E-state index in [1.807, 2.05) is 6.92 Å². The van der Waals surface area contributed by atoms with Crippen LogP contribution < -0.4 is 21.3 Å². The zero-order valence-electron chi connectivity index (χ0n) is 46.6. The molecule has 0 aliphatic carbocycles. The highest BCUT2D eigenvalue weighted by Gasteiger charge is 2.26. The minimum atomic E-state index is -1.37. The van der Waals surface area contributed by atoms with Gasteiger partial charge >= 0.3 is 23.9 Å². The third kappa shape index (κ3) is 45.6. The van der Waals surface area contributed by atoms with Crippen LogP contribution in [-0.2, 0) is 71.7 Å². The standard InChI is InChI=1S/C55H94N4O19.H2/c1-41(42(2)60)20-17-18-30-56-48(63)29-27-47(55(73)74)59-50(65)28-24-43(53(69)70)38-45(62)39-77-36-35-76-33-31-57-51(66)40-78-37-34-75-32-19-21-44(61)25-26-46(54(71)72)58-49(64)22-15-13-11-9-7-5-3-4-6-8-10-12-14-16-23-52(67)68;/h41,43,46-47H,3-40H2,1-2H3,(H,56,63)(H,57,66)(H,58,64)(H,59,65)(H,67,68)(H,69,70)(H,71,72)(H,73,74);1H/t41-,43+,46?,47-;/m0./s1. The molecule has 450 valence electrons. The Kier molecular flexibility index (Phi) is 45.3. The van der Waals surface area contributed by atoms with Crippen LogP contribution >= 0.6 is 0 Å². The van der Waals surface area contributed by atoms with Gasteiger partial charge in [0, 0.05) is 72.0 Å². The summed E-state index contributed by atoms with van der Waals surface area (Å²) in [4.78, 5) is 131. The highest BCUT2D eigenvalue weighted by Crippen LogP contribution is 2.16. The van der Waals surface area contributed by atoms with Gasteiger partial charge in [-0.15, -0.1) is 0 Å². The molecule has 0 aromatic heterocycles. The van der Waals surface area contributed by atoms with Gasteiger partial charge in [-0.1, -0.05) is 90.4 Å². The molecule has 0 saturated carbocycles. The average molecular weight is 1120 g/mol. The molecule has 0 aromatic rings. The third-order valence-corrected chi connectivity index (χ3v) is 12.9. The Bertz CT molecular complexity index is 1770. The fraction of sp³-hybridized carbons (Fsp3) is 0.800. The summed E-state index contributed by atoms with van der Waals surface area (Å²) < 4.78 is 21.4. The van der Waals surface area contributed by atoms with E-state index in [9.17, 15) is 68.1 Å². The number of ketones is 3. The molecule has 0 heterocycles. The van der Waals surface area contributed by atoms with Gasteiger partial charge in [-0.25, -0.2) is 9.59 Å². The topological polar surface area (TPSA) is 354 Å². The summed E-state index contributed by atoms with van der Waals surface area (Å²) in [5.74, 6) is -8.29. The lowest BCUT2D eigenvalue weighted by atomic mass is 9.97. The van der Waals surface area contributed by atoms with Crippen LogP contribution in [0.1, 0.15) is 195 Å². The molecule has 0 saturated heterocycles. The lowest BCUT2D eigenvalue weighted by Crippen LogP contribution is -2.42. The van der Waals surface area contributed by atoms with Crippen molar-refractivity contribution in [2.45, 2.75) is 206 Å². The van der Waals surface area contributed by atoms with Crippen molar-refractivity contribution in [1.82, 2.24) is 21.3 Å². The predicted octanol–water partition coefficient (Wildman–Crippen LogP) is 5.74. The Morgan fingerprint density at radius 2 is 0.872 bits per heavy atom. The van der Waals surface area contributed by atoms with Crippen molar-refractivity contribution >= 4 is 64.9 Å². The number of carbonyl (C=O) groups excluding carboxylic acids is 7. The molecule has 0 radical (unpaired) electrons. The highest BCUT2D eigenvalue weighted by atomic mass is 16.5. The molecule has 0 aliphatic rings. The van der Waals surface area contributed by atoms with E-state index < -0.39 is 78.4 Å². The number of carboxylic acids is 4. The molecule has 0 aromatic carbocycles. The summed E-state index contributed by atoms with van der Waals surface area (Å²) in [5.41, 5.74) is 0. The largest absolute Gasteiger partial charge is 0.481 e. The van der Waals surface area contributed by atoms with E-state index in [4.69, 9.17) is 24.1 Å². The van der Waals surface area contributed by atoms with Crippen molar-refractivity contribution in [3.63, 3.8) is 0 Å². The predicted molar refractivity (Wildman–Crippen MR) is 288 cm³/mol. The van der Waals surface area contributed by atoms with Crippen LogP contribution in [0.2, 0.25) is 0 Å². The molecule has 0 aliphatic heterocycles. The first-order valence-corrected chi connectivity index (χ1v) is 28.2. The zero-order chi connectivity index (χ0) is 58.2. The molecule has 0 rings (SSSR count). The molecule has 4 atom stereocenters. The number of ether oxygens (including phenoxy) is 4. The van der Waals surface area contributed by atoms with E-state index in [1.54, 1.807) is 0 Å². The van der Waals surface area contributed by atoms with Crippen molar-refractivity contribution in [2.24, 2.45) is 11.8 Å². The van der Waals surface area contributed by atoms with Crippen LogP contribution in [0, 0.1) is 11.8 Å². The van der Waals surface area contributed by atoms with E-state index in [2.05, 4.69) is 21.3 Å². The monoisotopic (exact) mass is 1120 g/mol. The quantitative estimate of drug-likeness (QED) is 0.0336. The fourth-order valence-electron chi connectivity index (χ4n) is 7.96.